The van der Waals surface area contributed by atoms with E-state index in [1.807, 2.05) is 6.92 Å². The lowest BCUT2D eigenvalue weighted by Crippen LogP contribution is -2.54. The molecule has 0 aliphatic carbocycles. The average molecular weight is 264 g/mol. The van der Waals surface area contributed by atoms with Gasteiger partial charge in [0.2, 0.25) is 11.9 Å². The van der Waals surface area contributed by atoms with Crippen molar-refractivity contribution in [2.75, 3.05) is 37.6 Å². The van der Waals surface area contributed by atoms with Crippen molar-refractivity contribution in [1.29, 1.82) is 0 Å². The maximum absolute atomic E-state index is 11.9. The van der Waals surface area contributed by atoms with Crippen molar-refractivity contribution in [3.8, 4) is 0 Å². The summed E-state index contributed by atoms with van der Waals surface area (Å²) in [6, 6.07) is -0.114. The van der Waals surface area contributed by atoms with Gasteiger partial charge in [0.25, 0.3) is 0 Å². The van der Waals surface area contributed by atoms with Crippen LogP contribution in [0.3, 0.4) is 0 Å². The van der Waals surface area contributed by atoms with E-state index >= 15 is 0 Å². The van der Waals surface area contributed by atoms with Crippen LogP contribution < -0.4 is 10.2 Å². The number of nitrogens with one attached hydrogen (secondary N) is 2. The molecule has 7 heteroatoms. The van der Waals surface area contributed by atoms with E-state index in [-0.39, 0.29) is 11.9 Å². The van der Waals surface area contributed by atoms with Crippen LogP contribution in [0.5, 0.6) is 0 Å². The number of rotatable bonds is 5. The van der Waals surface area contributed by atoms with E-state index in [1.165, 1.54) is 6.33 Å². The molecular weight excluding hydrogens is 244 g/mol. The van der Waals surface area contributed by atoms with Crippen molar-refractivity contribution in [2.45, 2.75) is 13.0 Å². The van der Waals surface area contributed by atoms with Gasteiger partial charge in [-0.2, -0.15) is 10.1 Å². The van der Waals surface area contributed by atoms with Gasteiger partial charge < -0.3 is 10.2 Å². The minimum Gasteiger partial charge on any atom is -0.351 e. The van der Waals surface area contributed by atoms with Crippen LogP contribution in [0.25, 0.3) is 0 Å². The maximum atomic E-state index is 11.9. The highest BCUT2D eigenvalue weighted by Gasteiger charge is 2.25. The number of aromatic amines is 1. The van der Waals surface area contributed by atoms with Crippen molar-refractivity contribution >= 4 is 11.9 Å². The van der Waals surface area contributed by atoms with Gasteiger partial charge in [-0.05, 0) is 6.92 Å². The predicted molar refractivity (Wildman–Crippen MR) is 72.8 cm³/mol. The van der Waals surface area contributed by atoms with E-state index in [2.05, 4.69) is 36.9 Å². The van der Waals surface area contributed by atoms with Gasteiger partial charge in [0.1, 0.15) is 6.33 Å². The molecule has 0 bridgehead atoms. The Bertz CT molecular complexity index is 410. The van der Waals surface area contributed by atoms with E-state index in [0.29, 0.717) is 6.54 Å². The number of nitrogens with zero attached hydrogens (tertiary/aromatic N) is 4. The third-order valence-corrected chi connectivity index (χ3v) is 3.36. The zero-order chi connectivity index (χ0) is 13.7. The quantitative estimate of drug-likeness (QED) is 0.709. The van der Waals surface area contributed by atoms with Gasteiger partial charge in [-0.3, -0.25) is 9.69 Å². The monoisotopic (exact) mass is 264 g/mol. The molecule has 1 amide bonds. The lowest BCUT2D eigenvalue weighted by molar-refractivity contribution is -0.125. The molecule has 1 saturated heterocycles. The molecule has 0 aromatic carbocycles. The first-order valence-electron chi connectivity index (χ1n) is 6.45. The largest absolute Gasteiger partial charge is 0.351 e. The van der Waals surface area contributed by atoms with Crippen molar-refractivity contribution in [3.63, 3.8) is 0 Å². The van der Waals surface area contributed by atoms with Gasteiger partial charge in [0, 0.05) is 32.7 Å². The lowest BCUT2D eigenvalue weighted by Gasteiger charge is -2.37. The number of anilines is 1. The van der Waals surface area contributed by atoms with Crippen LogP contribution in [0.1, 0.15) is 6.92 Å². The summed E-state index contributed by atoms with van der Waals surface area (Å²) < 4.78 is 0. The fraction of sp³-hybridized carbons (Fsp3) is 0.583. The highest BCUT2D eigenvalue weighted by atomic mass is 16.2. The SMILES string of the molecule is C=CCNC(=O)[C@H](C)N1CCN(c2ncn[nH]2)CC1. The minimum absolute atomic E-state index is 0.0491. The Labute approximate surface area is 112 Å². The first kappa shape index (κ1) is 13.5. The molecule has 19 heavy (non-hydrogen) atoms. The molecule has 0 spiro atoms. The Morgan fingerprint density at radius 3 is 2.89 bits per heavy atom. The summed E-state index contributed by atoms with van der Waals surface area (Å²) in [6.45, 7) is 9.40. The third-order valence-electron chi connectivity index (χ3n) is 3.36. The summed E-state index contributed by atoms with van der Waals surface area (Å²) in [7, 11) is 0. The highest BCUT2D eigenvalue weighted by molar-refractivity contribution is 5.81. The summed E-state index contributed by atoms with van der Waals surface area (Å²) >= 11 is 0. The van der Waals surface area contributed by atoms with Crippen LogP contribution in [-0.4, -0.2) is 64.8 Å². The number of carbonyl (C=O) groups is 1. The van der Waals surface area contributed by atoms with Gasteiger partial charge in [-0.25, -0.2) is 5.10 Å². The van der Waals surface area contributed by atoms with Crippen molar-refractivity contribution in [2.24, 2.45) is 0 Å². The molecule has 0 radical (unpaired) electrons. The Kier molecular flexibility index (Phi) is 4.51. The zero-order valence-corrected chi connectivity index (χ0v) is 11.2. The first-order chi connectivity index (χ1) is 9.22. The van der Waals surface area contributed by atoms with E-state index in [0.717, 1.165) is 32.1 Å². The molecule has 2 N–H and O–H groups in total. The summed E-state index contributed by atoms with van der Waals surface area (Å²) in [5, 5.41) is 9.53. The molecule has 104 valence electrons. The summed E-state index contributed by atoms with van der Waals surface area (Å²) in [4.78, 5) is 20.3. The molecule has 1 aromatic heterocycles. The molecule has 1 fully saturated rings. The molecule has 0 unspecified atom stereocenters. The second-order valence-corrected chi connectivity index (χ2v) is 4.54. The fourth-order valence-corrected chi connectivity index (χ4v) is 2.16. The zero-order valence-electron chi connectivity index (χ0n) is 11.2. The molecule has 2 rings (SSSR count). The van der Waals surface area contributed by atoms with Gasteiger partial charge in [-0.15, -0.1) is 6.58 Å². The van der Waals surface area contributed by atoms with E-state index in [1.54, 1.807) is 6.08 Å². The summed E-state index contributed by atoms with van der Waals surface area (Å²) in [6.07, 6.45) is 3.19. The topological polar surface area (TPSA) is 77.2 Å². The molecule has 1 aliphatic rings. The number of hydrogen-bond donors (Lipinski definition) is 2. The maximum Gasteiger partial charge on any atom is 0.237 e. The van der Waals surface area contributed by atoms with E-state index in [4.69, 9.17) is 0 Å². The van der Waals surface area contributed by atoms with Gasteiger partial charge >= 0.3 is 0 Å². The standard InChI is InChI=1S/C12H20N6O/c1-3-4-13-11(19)10(2)17-5-7-18(8-6-17)12-14-9-15-16-12/h3,9-10H,1,4-8H2,2H3,(H,13,19)(H,14,15,16)/t10-/m0/s1. The Hall–Kier alpha value is -1.89. The Balaban J connectivity index is 1.82. The summed E-state index contributed by atoms with van der Waals surface area (Å²) in [5.41, 5.74) is 0. The predicted octanol–water partition coefficient (Wildman–Crippen LogP) is -0.383. The first-order valence-corrected chi connectivity index (χ1v) is 6.45. The van der Waals surface area contributed by atoms with Gasteiger partial charge in [0.15, 0.2) is 0 Å². The summed E-state index contributed by atoms with van der Waals surface area (Å²) in [5.74, 6) is 0.844. The molecule has 0 saturated carbocycles. The molecule has 1 aliphatic heterocycles. The number of piperazine rings is 1. The van der Waals surface area contributed by atoms with Crippen molar-refractivity contribution in [1.82, 2.24) is 25.4 Å². The van der Waals surface area contributed by atoms with Crippen LogP contribution in [0.4, 0.5) is 5.95 Å². The van der Waals surface area contributed by atoms with Gasteiger partial charge in [-0.1, -0.05) is 6.08 Å². The van der Waals surface area contributed by atoms with E-state index < -0.39 is 0 Å². The molecule has 1 atom stereocenters. The molecule has 1 aromatic rings. The number of aromatic nitrogens is 3. The van der Waals surface area contributed by atoms with Crippen LogP contribution in [0.2, 0.25) is 0 Å². The molecular formula is C12H20N6O. The van der Waals surface area contributed by atoms with Crippen LogP contribution in [-0.2, 0) is 4.79 Å². The number of H-pyrrole nitrogens is 1. The van der Waals surface area contributed by atoms with Crippen LogP contribution >= 0.6 is 0 Å². The average Bonchev–Trinajstić information content (AvgIpc) is 2.98. The second-order valence-electron chi connectivity index (χ2n) is 4.54. The molecule has 2 heterocycles. The van der Waals surface area contributed by atoms with Crippen LogP contribution in [0.15, 0.2) is 19.0 Å². The van der Waals surface area contributed by atoms with Gasteiger partial charge in [0.05, 0.1) is 6.04 Å². The highest BCUT2D eigenvalue weighted by Crippen LogP contribution is 2.11. The number of hydrogen-bond acceptors (Lipinski definition) is 5. The normalized spacial score (nSPS) is 18.1. The number of amides is 1. The Morgan fingerprint density at radius 1 is 1.58 bits per heavy atom. The van der Waals surface area contributed by atoms with E-state index in [9.17, 15) is 4.79 Å². The fourth-order valence-electron chi connectivity index (χ4n) is 2.16. The number of carbonyl (C=O) groups excluding carboxylic acids is 1. The lowest BCUT2D eigenvalue weighted by atomic mass is 10.2. The molecule has 7 nitrogen and oxygen atoms in total. The van der Waals surface area contributed by atoms with Crippen LogP contribution in [0, 0.1) is 0 Å². The van der Waals surface area contributed by atoms with Crippen molar-refractivity contribution < 1.29 is 4.79 Å². The smallest absolute Gasteiger partial charge is 0.237 e. The second kappa shape index (κ2) is 6.33. The minimum atomic E-state index is -0.114. The van der Waals surface area contributed by atoms with Crippen molar-refractivity contribution in [3.05, 3.63) is 19.0 Å². The Morgan fingerprint density at radius 2 is 2.32 bits per heavy atom. The third kappa shape index (κ3) is 3.31.